The van der Waals surface area contributed by atoms with Gasteiger partial charge in [-0.15, -0.1) is 0 Å². The van der Waals surface area contributed by atoms with Gasteiger partial charge in [-0.2, -0.15) is 0 Å². The van der Waals surface area contributed by atoms with E-state index in [1.54, 1.807) is 0 Å². The number of ether oxygens (including phenoxy) is 2. The van der Waals surface area contributed by atoms with Crippen molar-refractivity contribution in [3.63, 3.8) is 0 Å². The second kappa shape index (κ2) is 20.2. The first-order chi connectivity index (χ1) is 15.6. The van der Waals surface area contributed by atoms with Gasteiger partial charge in [0.05, 0.1) is 13.2 Å². The number of hydrogen-bond donors (Lipinski definition) is 3. The van der Waals surface area contributed by atoms with Crippen LogP contribution >= 0.6 is 0 Å². The molecular weight excluding hydrogens is 404 g/mol. The molecular formula is C27H54O5. The summed E-state index contributed by atoms with van der Waals surface area (Å²) in [6.45, 7) is 5.07. The molecule has 1 aliphatic rings. The van der Waals surface area contributed by atoms with Crippen molar-refractivity contribution in [3.05, 3.63) is 0 Å². The number of aliphatic hydroxyl groups is 3. The van der Waals surface area contributed by atoms with Crippen molar-refractivity contribution in [2.45, 2.75) is 154 Å². The van der Waals surface area contributed by atoms with Gasteiger partial charge in [-0.3, -0.25) is 0 Å². The van der Waals surface area contributed by atoms with Crippen LogP contribution in [-0.2, 0) is 9.47 Å². The summed E-state index contributed by atoms with van der Waals surface area (Å²) in [6, 6.07) is 0. The van der Waals surface area contributed by atoms with Crippen LogP contribution in [0.1, 0.15) is 129 Å². The molecule has 1 rings (SSSR count). The molecule has 1 aliphatic heterocycles. The maximum Gasteiger partial charge on any atom is 0.186 e. The summed E-state index contributed by atoms with van der Waals surface area (Å²) in [5.41, 5.74) is 0. The van der Waals surface area contributed by atoms with Crippen LogP contribution in [0.25, 0.3) is 0 Å². The van der Waals surface area contributed by atoms with E-state index >= 15 is 0 Å². The van der Waals surface area contributed by atoms with Crippen LogP contribution in [-0.4, -0.2) is 53.1 Å². The minimum absolute atomic E-state index is 0.00341. The Balaban J connectivity index is 2.24. The molecule has 32 heavy (non-hydrogen) atoms. The molecule has 1 fully saturated rings. The van der Waals surface area contributed by atoms with E-state index in [0.29, 0.717) is 12.5 Å². The average molecular weight is 459 g/mol. The molecule has 0 bridgehead atoms. The summed E-state index contributed by atoms with van der Waals surface area (Å²) in [5.74, 6) is 0.468. The monoisotopic (exact) mass is 458 g/mol. The molecule has 1 heterocycles. The topological polar surface area (TPSA) is 79.2 Å². The summed E-state index contributed by atoms with van der Waals surface area (Å²) >= 11 is 0. The SMILES string of the molecule is CCCCCCCCCCCCC(CCCCCCCC)COC1OCC(O)C(O)C1O. The summed E-state index contributed by atoms with van der Waals surface area (Å²) in [7, 11) is 0. The Kier molecular flexibility index (Phi) is 18.8. The van der Waals surface area contributed by atoms with Crippen LogP contribution in [0.2, 0.25) is 0 Å². The van der Waals surface area contributed by atoms with E-state index in [2.05, 4.69) is 13.8 Å². The van der Waals surface area contributed by atoms with E-state index in [4.69, 9.17) is 9.47 Å². The third kappa shape index (κ3) is 14.1. The van der Waals surface area contributed by atoms with Gasteiger partial charge in [-0.25, -0.2) is 0 Å². The van der Waals surface area contributed by atoms with E-state index in [-0.39, 0.29) is 6.61 Å². The zero-order valence-corrected chi connectivity index (χ0v) is 21.2. The average Bonchev–Trinajstić information content (AvgIpc) is 2.79. The van der Waals surface area contributed by atoms with Crippen molar-refractivity contribution in [1.29, 1.82) is 0 Å². The van der Waals surface area contributed by atoms with Gasteiger partial charge in [-0.1, -0.05) is 117 Å². The van der Waals surface area contributed by atoms with E-state index in [1.807, 2.05) is 0 Å². The van der Waals surface area contributed by atoms with Crippen LogP contribution in [0.15, 0.2) is 0 Å². The first-order valence-electron chi connectivity index (χ1n) is 13.9. The number of unbranched alkanes of at least 4 members (excludes halogenated alkanes) is 14. The van der Waals surface area contributed by atoms with Gasteiger partial charge in [-0.05, 0) is 18.8 Å². The molecule has 0 aromatic heterocycles. The highest BCUT2D eigenvalue weighted by Crippen LogP contribution is 2.23. The normalized spacial score (nSPS) is 24.7. The maximum atomic E-state index is 10.1. The van der Waals surface area contributed by atoms with Crippen molar-refractivity contribution in [1.82, 2.24) is 0 Å². The third-order valence-corrected chi connectivity index (χ3v) is 6.88. The maximum absolute atomic E-state index is 10.1. The van der Waals surface area contributed by atoms with Crippen LogP contribution < -0.4 is 0 Å². The summed E-state index contributed by atoms with van der Waals surface area (Å²) in [6.07, 6.45) is 19.2. The Hall–Kier alpha value is -0.200. The lowest BCUT2D eigenvalue weighted by molar-refractivity contribution is -0.272. The number of aliphatic hydroxyl groups excluding tert-OH is 3. The fourth-order valence-electron chi connectivity index (χ4n) is 4.60. The molecule has 5 heteroatoms. The van der Waals surface area contributed by atoms with Crippen LogP contribution in [0.5, 0.6) is 0 Å². The molecule has 1 saturated heterocycles. The highest BCUT2D eigenvalue weighted by molar-refractivity contribution is 4.82. The number of hydrogen-bond acceptors (Lipinski definition) is 5. The largest absolute Gasteiger partial charge is 0.388 e. The predicted octanol–water partition coefficient (Wildman–Crippen LogP) is 6.12. The van der Waals surface area contributed by atoms with Crippen LogP contribution in [0.3, 0.4) is 0 Å². The lowest BCUT2D eigenvalue weighted by Gasteiger charge is -2.35. The van der Waals surface area contributed by atoms with E-state index in [9.17, 15) is 15.3 Å². The van der Waals surface area contributed by atoms with Gasteiger partial charge >= 0.3 is 0 Å². The highest BCUT2D eigenvalue weighted by Gasteiger charge is 2.38. The quantitative estimate of drug-likeness (QED) is 0.181. The molecule has 0 radical (unpaired) electrons. The van der Waals surface area contributed by atoms with E-state index in [1.165, 1.54) is 103 Å². The van der Waals surface area contributed by atoms with Gasteiger partial charge in [0.1, 0.15) is 18.3 Å². The van der Waals surface area contributed by atoms with Gasteiger partial charge < -0.3 is 24.8 Å². The Bertz CT molecular complexity index is 406. The summed E-state index contributed by atoms with van der Waals surface area (Å²) < 4.78 is 11.3. The molecule has 0 aromatic carbocycles. The molecule has 0 amide bonds. The molecule has 3 N–H and O–H groups in total. The van der Waals surface area contributed by atoms with Crippen LogP contribution in [0, 0.1) is 5.92 Å². The molecule has 0 saturated carbocycles. The molecule has 0 aromatic rings. The van der Waals surface area contributed by atoms with Crippen molar-refractivity contribution < 1.29 is 24.8 Å². The minimum Gasteiger partial charge on any atom is -0.388 e. The zero-order chi connectivity index (χ0) is 23.4. The van der Waals surface area contributed by atoms with Crippen LogP contribution in [0.4, 0.5) is 0 Å². The Morgan fingerprint density at radius 3 is 1.56 bits per heavy atom. The van der Waals surface area contributed by atoms with Gasteiger partial charge in [0, 0.05) is 0 Å². The van der Waals surface area contributed by atoms with Crippen molar-refractivity contribution in [2.24, 2.45) is 5.92 Å². The van der Waals surface area contributed by atoms with Gasteiger partial charge in [0.25, 0.3) is 0 Å². The molecule has 5 unspecified atom stereocenters. The summed E-state index contributed by atoms with van der Waals surface area (Å²) in [4.78, 5) is 0. The summed E-state index contributed by atoms with van der Waals surface area (Å²) in [5, 5.41) is 29.6. The third-order valence-electron chi connectivity index (χ3n) is 6.88. The highest BCUT2D eigenvalue weighted by atomic mass is 16.7. The lowest BCUT2D eigenvalue weighted by Crippen LogP contribution is -2.53. The van der Waals surface area contributed by atoms with Crippen molar-refractivity contribution >= 4 is 0 Å². The lowest BCUT2D eigenvalue weighted by atomic mass is 9.94. The second-order valence-corrected chi connectivity index (χ2v) is 9.98. The molecule has 0 spiro atoms. The molecule has 0 aliphatic carbocycles. The first-order valence-corrected chi connectivity index (χ1v) is 13.9. The minimum atomic E-state index is -1.20. The van der Waals surface area contributed by atoms with Crippen molar-refractivity contribution in [3.8, 4) is 0 Å². The Morgan fingerprint density at radius 1 is 0.656 bits per heavy atom. The fourth-order valence-corrected chi connectivity index (χ4v) is 4.60. The zero-order valence-electron chi connectivity index (χ0n) is 21.2. The Morgan fingerprint density at radius 2 is 1.09 bits per heavy atom. The smallest absolute Gasteiger partial charge is 0.186 e. The van der Waals surface area contributed by atoms with Crippen molar-refractivity contribution in [2.75, 3.05) is 13.2 Å². The number of rotatable bonds is 21. The molecule has 5 atom stereocenters. The van der Waals surface area contributed by atoms with Gasteiger partial charge in [0.2, 0.25) is 0 Å². The van der Waals surface area contributed by atoms with E-state index in [0.717, 1.165) is 12.8 Å². The fraction of sp³-hybridized carbons (Fsp3) is 1.00. The first kappa shape index (κ1) is 29.8. The van der Waals surface area contributed by atoms with E-state index < -0.39 is 24.6 Å². The Labute approximate surface area is 198 Å². The van der Waals surface area contributed by atoms with Gasteiger partial charge in [0.15, 0.2) is 6.29 Å². The standard InChI is InChI=1S/C27H54O5/c1-3-5-7-9-11-12-13-14-16-18-20-23(19-17-15-10-8-6-4-2)21-31-27-26(30)25(29)24(28)22-32-27/h23-30H,3-22H2,1-2H3. The predicted molar refractivity (Wildman–Crippen MR) is 132 cm³/mol. The second-order valence-electron chi connectivity index (χ2n) is 9.98. The molecule has 192 valence electrons. The molecule has 5 nitrogen and oxygen atoms in total.